The highest BCUT2D eigenvalue weighted by Crippen LogP contribution is 2.35. The fraction of sp³-hybridized carbons (Fsp3) is 0.0588. The zero-order valence-electron chi connectivity index (χ0n) is 12.0. The molecule has 1 aliphatic rings. The number of hydrogen-bond donors (Lipinski definition) is 2. The minimum Gasteiger partial charge on any atom is -0.510 e. The highest BCUT2D eigenvalue weighted by Gasteiger charge is 2.31. The second-order valence-electron chi connectivity index (χ2n) is 5.22. The van der Waals surface area contributed by atoms with Crippen molar-refractivity contribution in [2.75, 3.05) is 11.4 Å². The van der Waals surface area contributed by atoms with Crippen LogP contribution in [-0.2, 0) is 0 Å². The summed E-state index contributed by atoms with van der Waals surface area (Å²) in [7, 11) is 0. The number of thiazole rings is 1. The van der Waals surface area contributed by atoms with Gasteiger partial charge in [0.1, 0.15) is 22.4 Å². The number of halogens is 1. The van der Waals surface area contributed by atoms with Gasteiger partial charge >= 0.3 is 0 Å². The van der Waals surface area contributed by atoms with E-state index in [1.165, 1.54) is 23.5 Å². The lowest BCUT2D eigenvalue weighted by molar-refractivity contribution is 0.411. The van der Waals surface area contributed by atoms with E-state index in [1.54, 1.807) is 17.0 Å². The van der Waals surface area contributed by atoms with Crippen molar-refractivity contribution in [2.45, 2.75) is 0 Å². The van der Waals surface area contributed by atoms with Gasteiger partial charge < -0.3 is 10.0 Å². The van der Waals surface area contributed by atoms with Crippen molar-refractivity contribution in [3.8, 4) is 0 Å². The molecule has 2 heterocycles. The topological polar surface area (TPSA) is 60.2 Å². The Kier molecular flexibility index (Phi) is 3.12. The molecule has 0 fully saturated rings. The highest BCUT2D eigenvalue weighted by molar-refractivity contribution is 7.19. The minimum atomic E-state index is -0.331. The number of nitrogens with one attached hydrogen (secondary N) is 1. The maximum Gasteiger partial charge on any atom is 0.139 e. The molecule has 0 saturated carbocycles. The summed E-state index contributed by atoms with van der Waals surface area (Å²) in [6, 6.07) is 13.6. The fourth-order valence-corrected chi connectivity index (χ4v) is 3.66. The molecule has 1 aliphatic heterocycles. The van der Waals surface area contributed by atoms with E-state index in [9.17, 15) is 9.50 Å². The van der Waals surface area contributed by atoms with Crippen LogP contribution >= 0.6 is 11.3 Å². The van der Waals surface area contributed by atoms with Crippen LogP contribution < -0.4 is 4.90 Å². The molecule has 3 aromatic rings. The molecular weight excluding hydrogens is 313 g/mol. The van der Waals surface area contributed by atoms with Crippen LogP contribution in [0.4, 0.5) is 10.1 Å². The monoisotopic (exact) mass is 325 g/mol. The molecule has 0 amide bonds. The third-order valence-corrected chi connectivity index (χ3v) is 4.80. The number of para-hydroxylation sites is 1. The van der Waals surface area contributed by atoms with E-state index >= 15 is 0 Å². The van der Waals surface area contributed by atoms with Gasteiger partial charge in [-0.25, -0.2) is 9.37 Å². The Hall–Kier alpha value is -2.73. The van der Waals surface area contributed by atoms with E-state index in [0.717, 1.165) is 10.2 Å². The Morgan fingerprint density at radius 1 is 1.13 bits per heavy atom. The normalized spacial score (nSPS) is 15.0. The van der Waals surface area contributed by atoms with Crippen molar-refractivity contribution < 1.29 is 9.50 Å². The lowest BCUT2D eigenvalue weighted by Gasteiger charge is -2.18. The molecule has 4 nitrogen and oxygen atoms in total. The Labute approximate surface area is 135 Å². The van der Waals surface area contributed by atoms with Gasteiger partial charge in [0.15, 0.2) is 0 Å². The van der Waals surface area contributed by atoms with Crippen LogP contribution in [0.3, 0.4) is 0 Å². The van der Waals surface area contributed by atoms with Crippen LogP contribution in [0.15, 0.2) is 54.3 Å². The molecule has 0 spiro atoms. The maximum absolute atomic E-state index is 13.1. The lowest BCUT2D eigenvalue weighted by Crippen LogP contribution is -2.25. The van der Waals surface area contributed by atoms with Crippen LogP contribution in [0.1, 0.15) is 5.01 Å². The molecule has 1 aromatic heterocycles. The first-order valence-corrected chi connectivity index (χ1v) is 7.85. The van der Waals surface area contributed by atoms with Crippen LogP contribution in [0.25, 0.3) is 15.8 Å². The van der Waals surface area contributed by atoms with Gasteiger partial charge in [-0.2, -0.15) is 0 Å². The van der Waals surface area contributed by atoms with Crippen LogP contribution in [-0.4, -0.2) is 22.5 Å². The third kappa shape index (κ3) is 2.27. The summed E-state index contributed by atoms with van der Waals surface area (Å²) in [5, 5.41) is 19.3. The van der Waals surface area contributed by atoms with Crippen molar-refractivity contribution in [2.24, 2.45) is 0 Å². The van der Waals surface area contributed by atoms with E-state index in [0.29, 0.717) is 16.3 Å². The largest absolute Gasteiger partial charge is 0.510 e. The predicted octanol–water partition coefficient (Wildman–Crippen LogP) is 4.20. The maximum atomic E-state index is 13.1. The van der Waals surface area contributed by atoms with Crippen LogP contribution in [0.5, 0.6) is 0 Å². The Bertz CT molecular complexity index is 913. The Morgan fingerprint density at radius 3 is 2.61 bits per heavy atom. The summed E-state index contributed by atoms with van der Waals surface area (Å²) < 4.78 is 14.1. The van der Waals surface area contributed by atoms with Gasteiger partial charge in [-0.05, 0) is 36.4 Å². The highest BCUT2D eigenvalue weighted by atomic mass is 32.1. The van der Waals surface area contributed by atoms with E-state index in [2.05, 4.69) is 4.98 Å². The Morgan fingerprint density at radius 2 is 1.87 bits per heavy atom. The SMILES string of the molecule is N=C1C(c2nc3ccccc3s2)=C(O)CN1c1ccc(F)cc1. The van der Waals surface area contributed by atoms with E-state index < -0.39 is 0 Å². The average Bonchev–Trinajstić information content (AvgIpc) is 3.08. The molecule has 2 aromatic carbocycles. The van der Waals surface area contributed by atoms with E-state index in [4.69, 9.17) is 5.41 Å². The molecule has 2 N–H and O–H groups in total. The lowest BCUT2D eigenvalue weighted by atomic mass is 10.2. The van der Waals surface area contributed by atoms with Crippen molar-refractivity contribution >= 4 is 38.6 Å². The minimum absolute atomic E-state index is 0.110. The van der Waals surface area contributed by atoms with Gasteiger partial charge in [0, 0.05) is 5.69 Å². The van der Waals surface area contributed by atoms with Gasteiger partial charge in [-0.15, -0.1) is 11.3 Å². The first-order valence-electron chi connectivity index (χ1n) is 7.03. The molecule has 0 bridgehead atoms. The second kappa shape index (κ2) is 5.17. The number of anilines is 1. The van der Waals surface area contributed by atoms with Gasteiger partial charge in [0.05, 0.1) is 22.3 Å². The number of aliphatic hydroxyl groups excluding tert-OH is 1. The molecule has 4 rings (SSSR count). The first kappa shape index (κ1) is 13.9. The van der Waals surface area contributed by atoms with Crippen molar-refractivity contribution in [3.63, 3.8) is 0 Å². The van der Waals surface area contributed by atoms with Gasteiger partial charge in [-0.1, -0.05) is 12.1 Å². The molecule has 0 radical (unpaired) electrons. The number of aliphatic hydroxyl groups is 1. The number of fused-ring (bicyclic) bond motifs is 1. The summed E-state index contributed by atoms with van der Waals surface area (Å²) in [4.78, 5) is 6.15. The number of amidine groups is 1. The quantitative estimate of drug-likeness (QED) is 0.742. The van der Waals surface area contributed by atoms with E-state index in [1.807, 2.05) is 24.3 Å². The number of aromatic nitrogens is 1. The summed E-state index contributed by atoms with van der Waals surface area (Å²) >= 11 is 1.45. The summed E-state index contributed by atoms with van der Waals surface area (Å²) in [6.07, 6.45) is 0. The summed E-state index contributed by atoms with van der Waals surface area (Å²) in [5.74, 6) is -0.0467. The smallest absolute Gasteiger partial charge is 0.139 e. The molecule has 0 saturated heterocycles. The van der Waals surface area contributed by atoms with Gasteiger partial charge in [0.25, 0.3) is 0 Å². The molecule has 23 heavy (non-hydrogen) atoms. The number of benzene rings is 2. The van der Waals surface area contributed by atoms with Gasteiger partial charge in [0.2, 0.25) is 0 Å². The number of hydrogen-bond acceptors (Lipinski definition) is 4. The molecule has 0 aliphatic carbocycles. The van der Waals surface area contributed by atoms with Gasteiger partial charge in [-0.3, -0.25) is 5.41 Å². The predicted molar refractivity (Wildman–Crippen MR) is 90.6 cm³/mol. The van der Waals surface area contributed by atoms with Crippen molar-refractivity contribution in [1.82, 2.24) is 4.98 Å². The molecule has 114 valence electrons. The second-order valence-corrected chi connectivity index (χ2v) is 6.25. The molecular formula is C17H12FN3OS. The molecule has 0 atom stereocenters. The fourth-order valence-electron chi connectivity index (χ4n) is 2.62. The Balaban J connectivity index is 1.73. The summed E-state index contributed by atoms with van der Waals surface area (Å²) in [6.45, 7) is 0.190. The van der Waals surface area contributed by atoms with Crippen LogP contribution in [0, 0.1) is 11.2 Å². The third-order valence-electron chi connectivity index (χ3n) is 3.75. The number of nitrogens with zero attached hydrogens (tertiary/aromatic N) is 2. The zero-order valence-corrected chi connectivity index (χ0v) is 12.8. The molecule has 6 heteroatoms. The van der Waals surface area contributed by atoms with Crippen LogP contribution in [0.2, 0.25) is 0 Å². The zero-order chi connectivity index (χ0) is 16.0. The molecule has 0 unspecified atom stereocenters. The van der Waals surface area contributed by atoms with E-state index in [-0.39, 0.29) is 24.0 Å². The average molecular weight is 325 g/mol. The first-order chi connectivity index (χ1) is 11.1. The van der Waals surface area contributed by atoms with Crippen molar-refractivity contribution in [1.29, 1.82) is 5.41 Å². The number of rotatable bonds is 2. The standard InChI is InChI=1S/C17H12FN3OS/c18-10-5-7-11(8-6-10)21-9-13(22)15(16(21)19)17-20-12-3-1-2-4-14(12)23-17/h1-8,19,22H,9H2. The van der Waals surface area contributed by atoms with Crippen molar-refractivity contribution in [3.05, 3.63) is 65.1 Å². The summed E-state index contributed by atoms with van der Waals surface area (Å²) in [5.41, 5.74) is 1.95.